The van der Waals surface area contributed by atoms with Crippen molar-refractivity contribution in [3.8, 4) is 0 Å². The standard InChI is InChI=1S/C15H17NO4/c1-10-9-13(17)16(15(10)20)12(7-8-14(18)19)11-5-3-2-4-6-11/h2-6,10,12H,7-9H2,1H3,(H,18,19). The monoisotopic (exact) mass is 275 g/mol. The summed E-state index contributed by atoms with van der Waals surface area (Å²) in [5.41, 5.74) is 0.796. The molecule has 0 radical (unpaired) electrons. The molecule has 1 heterocycles. The maximum atomic E-state index is 12.1. The zero-order chi connectivity index (χ0) is 14.7. The molecule has 1 aromatic rings. The number of likely N-dealkylation sites (tertiary alicyclic amines) is 1. The van der Waals surface area contributed by atoms with Gasteiger partial charge in [-0.05, 0) is 12.0 Å². The van der Waals surface area contributed by atoms with E-state index in [1.807, 2.05) is 30.3 Å². The van der Waals surface area contributed by atoms with E-state index in [0.717, 1.165) is 5.56 Å². The second-order valence-electron chi connectivity index (χ2n) is 5.07. The average molecular weight is 275 g/mol. The quantitative estimate of drug-likeness (QED) is 0.834. The summed E-state index contributed by atoms with van der Waals surface area (Å²) in [5, 5.41) is 8.85. The van der Waals surface area contributed by atoms with Gasteiger partial charge < -0.3 is 5.11 Å². The van der Waals surface area contributed by atoms with Gasteiger partial charge in [0.05, 0.1) is 6.04 Å². The third kappa shape index (κ3) is 2.87. The molecule has 1 fully saturated rings. The Hall–Kier alpha value is -2.17. The van der Waals surface area contributed by atoms with Crippen LogP contribution in [0.4, 0.5) is 0 Å². The molecular formula is C15H17NO4. The zero-order valence-corrected chi connectivity index (χ0v) is 11.3. The Morgan fingerprint density at radius 1 is 1.35 bits per heavy atom. The average Bonchev–Trinajstić information content (AvgIpc) is 2.66. The van der Waals surface area contributed by atoms with Crippen molar-refractivity contribution in [1.82, 2.24) is 4.90 Å². The highest BCUT2D eigenvalue weighted by atomic mass is 16.4. The number of aliphatic carboxylic acids is 1. The molecular weight excluding hydrogens is 258 g/mol. The van der Waals surface area contributed by atoms with Crippen molar-refractivity contribution in [3.05, 3.63) is 35.9 Å². The molecule has 1 aliphatic rings. The lowest BCUT2D eigenvalue weighted by molar-refractivity contribution is -0.144. The Morgan fingerprint density at radius 3 is 2.50 bits per heavy atom. The topological polar surface area (TPSA) is 74.7 Å². The first kappa shape index (κ1) is 14.2. The molecule has 5 heteroatoms. The SMILES string of the molecule is CC1CC(=O)N(C(CCC(=O)O)c2ccccc2)C1=O. The van der Waals surface area contributed by atoms with E-state index < -0.39 is 12.0 Å². The third-order valence-electron chi connectivity index (χ3n) is 3.54. The predicted octanol–water partition coefficient (Wildman–Crippen LogP) is 1.99. The van der Waals surface area contributed by atoms with Gasteiger partial charge in [-0.15, -0.1) is 0 Å². The van der Waals surface area contributed by atoms with Gasteiger partial charge in [0.15, 0.2) is 0 Å². The highest BCUT2D eigenvalue weighted by Crippen LogP contribution is 2.32. The van der Waals surface area contributed by atoms with E-state index in [9.17, 15) is 14.4 Å². The molecule has 0 aromatic heterocycles. The number of carbonyl (C=O) groups excluding carboxylic acids is 2. The number of nitrogens with zero attached hydrogens (tertiary/aromatic N) is 1. The van der Waals surface area contributed by atoms with Gasteiger partial charge in [-0.25, -0.2) is 0 Å². The number of carboxylic acids is 1. The molecule has 1 saturated heterocycles. The molecule has 1 N–H and O–H groups in total. The number of hydrogen-bond donors (Lipinski definition) is 1. The van der Waals surface area contributed by atoms with Gasteiger partial charge in [-0.1, -0.05) is 37.3 Å². The summed E-state index contributed by atoms with van der Waals surface area (Å²) >= 11 is 0. The van der Waals surface area contributed by atoms with E-state index >= 15 is 0 Å². The second kappa shape index (κ2) is 5.86. The van der Waals surface area contributed by atoms with Crippen LogP contribution in [-0.2, 0) is 14.4 Å². The first-order valence-electron chi connectivity index (χ1n) is 6.63. The molecule has 0 aliphatic carbocycles. The van der Waals surface area contributed by atoms with Crippen LogP contribution in [0.3, 0.4) is 0 Å². The van der Waals surface area contributed by atoms with Gasteiger partial charge in [0.1, 0.15) is 0 Å². The summed E-state index contributed by atoms with van der Waals surface area (Å²) in [7, 11) is 0. The molecule has 2 unspecified atom stereocenters. The minimum atomic E-state index is -0.932. The second-order valence-corrected chi connectivity index (χ2v) is 5.07. The first-order valence-corrected chi connectivity index (χ1v) is 6.63. The van der Waals surface area contributed by atoms with Crippen LogP contribution in [0.2, 0.25) is 0 Å². The predicted molar refractivity (Wildman–Crippen MR) is 71.7 cm³/mol. The Balaban J connectivity index is 2.29. The minimum Gasteiger partial charge on any atom is -0.481 e. The molecule has 5 nitrogen and oxygen atoms in total. The zero-order valence-electron chi connectivity index (χ0n) is 11.3. The summed E-state index contributed by atoms with van der Waals surface area (Å²) in [5.74, 6) is -1.69. The normalized spacial score (nSPS) is 20.2. The molecule has 0 saturated carbocycles. The van der Waals surface area contributed by atoms with Crippen LogP contribution in [0.25, 0.3) is 0 Å². The molecule has 106 valence electrons. The van der Waals surface area contributed by atoms with E-state index in [2.05, 4.69) is 0 Å². The van der Waals surface area contributed by atoms with Gasteiger partial charge in [-0.3, -0.25) is 19.3 Å². The first-order chi connectivity index (χ1) is 9.50. The lowest BCUT2D eigenvalue weighted by atomic mass is 10.0. The number of carboxylic acid groups (broad SMARTS) is 1. The smallest absolute Gasteiger partial charge is 0.303 e. The highest BCUT2D eigenvalue weighted by molar-refractivity contribution is 6.03. The van der Waals surface area contributed by atoms with Crippen LogP contribution in [-0.4, -0.2) is 27.8 Å². The fraction of sp³-hybridized carbons (Fsp3) is 0.400. The molecule has 0 spiro atoms. The van der Waals surface area contributed by atoms with Crippen LogP contribution in [0.15, 0.2) is 30.3 Å². The van der Waals surface area contributed by atoms with Crippen molar-refractivity contribution in [2.45, 2.75) is 32.2 Å². The van der Waals surface area contributed by atoms with Crippen LogP contribution in [0, 0.1) is 5.92 Å². The number of benzene rings is 1. The van der Waals surface area contributed by atoms with Crippen molar-refractivity contribution in [1.29, 1.82) is 0 Å². The van der Waals surface area contributed by atoms with Crippen molar-refractivity contribution in [2.24, 2.45) is 5.92 Å². The molecule has 1 aromatic carbocycles. The summed E-state index contributed by atoms with van der Waals surface area (Å²) in [4.78, 5) is 36.2. The van der Waals surface area contributed by atoms with Crippen LogP contribution >= 0.6 is 0 Å². The van der Waals surface area contributed by atoms with Crippen LogP contribution in [0.1, 0.15) is 37.8 Å². The van der Waals surface area contributed by atoms with Gasteiger partial charge in [-0.2, -0.15) is 0 Å². The van der Waals surface area contributed by atoms with Crippen molar-refractivity contribution < 1.29 is 19.5 Å². The van der Waals surface area contributed by atoms with Crippen molar-refractivity contribution in [3.63, 3.8) is 0 Å². The Labute approximate surface area is 117 Å². The fourth-order valence-corrected chi connectivity index (χ4v) is 2.52. The summed E-state index contributed by atoms with van der Waals surface area (Å²) in [6, 6.07) is 8.62. The number of hydrogen-bond acceptors (Lipinski definition) is 3. The lowest BCUT2D eigenvalue weighted by Crippen LogP contribution is -2.34. The Morgan fingerprint density at radius 2 is 2.00 bits per heavy atom. The van der Waals surface area contributed by atoms with Crippen LogP contribution < -0.4 is 0 Å². The van der Waals surface area contributed by atoms with E-state index in [4.69, 9.17) is 5.11 Å². The van der Waals surface area contributed by atoms with E-state index in [1.165, 1.54) is 4.90 Å². The Kier molecular flexibility index (Phi) is 4.17. The molecule has 2 atom stereocenters. The minimum absolute atomic E-state index is 0.0784. The molecule has 2 rings (SSSR count). The van der Waals surface area contributed by atoms with Gasteiger partial charge in [0.25, 0.3) is 0 Å². The number of amides is 2. The van der Waals surface area contributed by atoms with E-state index in [0.29, 0.717) is 0 Å². The highest BCUT2D eigenvalue weighted by Gasteiger charge is 2.40. The largest absolute Gasteiger partial charge is 0.481 e. The fourth-order valence-electron chi connectivity index (χ4n) is 2.52. The molecule has 20 heavy (non-hydrogen) atoms. The maximum Gasteiger partial charge on any atom is 0.303 e. The van der Waals surface area contributed by atoms with Crippen molar-refractivity contribution in [2.75, 3.05) is 0 Å². The van der Waals surface area contributed by atoms with Crippen LogP contribution in [0.5, 0.6) is 0 Å². The van der Waals surface area contributed by atoms with Gasteiger partial charge in [0, 0.05) is 18.8 Å². The summed E-state index contributed by atoms with van der Waals surface area (Å²) < 4.78 is 0. The van der Waals surface area contributed by atoms with E-state index in [1.54, 1.807) is 6.92 Å². The van der Waals surface area contributed by atoms with Crippen molar-refractivity contribution >= 4 is 17.8 Å². The molecule has 0 bridgehead atoms. The maximum absolute atomic E-state index is 12.1. The number of rotatable bonds is 5. The Bertz CT molecular complexity index is 526. The summed E-state index contributed by atoms with van der Waals surface area (Å²) in [6.45, 7) is 1.72. The molecule has 2 amide bonds. The van der Waals surface area contributed by atoms with E-state index in [-0.39, 0.29) is 37.0 Å². The third-order valence-corrected chi connectivity index (χ3v) is 3.54. The summed E-state index contributed by atoms with van der Waals surface area (Å²) in [6.07, 6.45) is 0.365. The molecule has 1 aliphatic heterocycles. The van der Waals surface area contributed by atoms with Gasteiger partial charge >= 0.3 is 5.97 Å². The van der Waals surface area contributed by atoms with Gasteiger partial charge in [0.2, 0.25) is 11.8 Å². The lowest BCUT2D eigenvalue weighted by Gasteiger charge is -2.26. The number of carbonyl (C=O) groups is 3. The number of imide groups is 1.